The Morgan fingerprint density at radius 2 is 1.74 bits per heavy atom. The van der Waals surface area contributed by atoms with E-state index in [0.717, 1.165) is 0 Å². The highest BCUT2D eigenvalue weighted by Crippen LogP contribution is 2.32. The van der Waals surface area contributed by atoms with E-state index in [9.17, 15) is 12.8 Å². The van der Waals surface area contributed by atoms with Gasteiger partial charge in [-0.3, -0.25) is 0 Å². The van der Waals surface area contributed by atoms with Crippen LogP contribution in [0.5, 0.6) is 11.5 Å². The second kappa shape index (κ2) is 6.97. The van der Waals surface area contributed by atoms with Gasteiger partial charge in [0.2, 0.25) is 21.8 Å². The summed E-state index contributed by atoms with van der Waals surface area (Å²) in [7, 11) is -3.82. The van der Waals surface area contributed by atoms with E-state index < -0.39 is 10.0 Å². The third kappa shape index (κ3) is 3.76. The number of ether oxygens (including phenoxy) is 2. The third-order valence-corrected chi connectivity index (χ3v) is 5.19. The maximum atomic E-state index is 13.0. The molecule has 1 N–H and O–H groups in total. The van der Waals surface area contributed by atoms with Crippen LogP contribution in [0.15, 0.2) is 51.8 Å². The molecule has 0 amide bonds. The van der Waals surface area contributed by atoms with E-state index in [1.54, 1.807) is 6.07 Å². The van der Waals surface area contributed by atoms with Gasteiger partial charge in [0.15, 0.2) is 11.5 Å². The van der Waals surface area contributed by atoms with Gasteiger partial charge >= 0.3 is 0 Å². The molecule has 0 saturated carbocycles. The molecule has 1 aliphatic rings. The molecule has 0 spiro atoms. The van der Waals surface area contributed by atoms with Gasteiger partial charge in [0.25, 0.3) is 0 Å². The monoisotopic (exact) mass is 391 g/mol. The van der Waals surface area contributed by atoms with Crippen molar-refractivity contribution in [1.82, 2.24) is 14.9 Å². The Hall–Kier alpha value is -2.98. The number of hydrogen-bond acceptors (Lipinski definition) is 7. The number of benzene rings is 2. The van der Waals surface area contributed by atoms with Crippen molar-refractivity contribution in [2.24, 2.45) is 0 Å². The Balaban J connectivity index is 1.47. The maximum Gasteiger partial charge on any atom is 0.247 e. The summed E-state index contributed by atoms with van der Waals surface area (Å²) in [5.74, 6) is 0.742. The molecule has 1 aliphatic heterocycles. The fraction of sp³-hybridized carbons (Fsp3) is 0.176. The lowest BCUT2D eigenvalue weighted by molar-refractivity contribution is 0.171. The van der Waals surface area contributed by atoms with Crippen LogP contribution in [-0.2, 0) is 16.6 Å². The van der Waals surface area contributed by atoms with Crippen LogP contribution in [0.1, 0.15) is 5.89 Å². The topological polar surface area (TPSA) is 104 Å². The molecule has 8 nitrogen and oxygen atoms in total. The first-order valence-corrected chi connectivity index (χ1v) is 9.47. The van der Waals surface area contributed by atoms with Crippen LogP contribution in [0.2, 0.25) is 0 Å². The summed E-state index contributed by atoms with van der Waals surface area (Å²) >= 11 is 0. The number of sulfonamides is 1. The Bertz CT molecular complexity index is 1070. The molecule has 0 unspecified atom stereocenters. The van der Waals surface area contributed by atoms with Crippen molar-refractivity contribution in [2.45, 2.75) is 11.4 Å². The average molecular weight is 391 g/mol. The van der Waals surface area contributed by atoms with Crippen LogP contribution in [0.3, 0.4) is 0 Å². The summed E-state index contributed by atoms with van der Waals surface area (Å²) in [4.78, 5) is 0.0324. The van der Waals surface area contributed by atoms with Crippen LogP contribution in [0, 0.1) is 5.82 Å². The van der Waals surface area contributed by atoms with Crippen molar-refractivity contribution in [3.63, 3.8) is 0 Å². The highest BCUT2D eigenvalue weighted by Gasteiger charge is 2.20. The minimum absolute atomic E-state index is 0.0324. The van der Waals surface area contributed by atoms with Gasteiger partial charge < -0.3 is 13.9 Å². The largest absolute Gasteiger partial charge is 0.486 e. The number of aromatic nitrogens is 2. The van der Waals surface area contributed by atoms with Crippen molar-refractivity contribution >= 4 is 10.0 Å². The van der Waals surface area contributed by atoms with E-state index in [-0.39, 0.29) is 29.0 Å². The smallest absolute Gasteiger partial charge is 0.247 e. The quantitative estimate of drug-likeness (QED) is 0.710. The molecule has 2 aromatic carbocycles. The van der Waals surface area contributed by atoms with Gasteiger partial charge in [-0.15, -0.1) is 10.2 Å². The molecule has 4 rings (SSSR count). The lowest BCUT2D eigenvalue weighted by Gasteiger charge is -2.18. The van der Waals surface area contributed by atoms with Gasteiger partial charge in [0.1, 0.15) is 19.0 Å². The summed E-state index contributed by atoms with van der Waals surface area (Å²) in [6, 6.07) is 9.89. The molecule has 0 saturated heterocycles. The molecule has 1 aromatic heterocycles. The van der Waals surface area contributed by atoms with Crippen LogP contribution in [-0.4, -0.2) is 31.8 Å². The molecule has 27 heavy (non-hydrogen) atoms. The first-order chi connectivity index (χ1) is 13.0. The number of nitrogens with zero attached hydrogens (tertiary/aromatic N) is 2. The zero-order valence-electron chi connectivity index (χ0n) is 13.9. The Labute approximate surface area is 154 Å². The zero-order chi connectivity index (χ0) is 18.9. The Morgan fingerprint density at radius 3 is 2.52 bits per heavy atom. The van der Waals surface area contributed by atoms with E-state index in [0.29, 0.717) is 30.3 Å². The summed E-state index contributed by atoms with van der Waals surface area (Å²) in [5, 5.41) is 7.64. The van der Waals surface area contributed by atoms with E-state index >= 15 is 0 Å². The molecule has 0 aliphatic carbocycles. The molecule has 0 atom stereocenters. The Morgan fingerprint density at radius 1 is 1.00 bits per heavy atom. The van der Waals surface area contributed by atoms with Crippen molar-refractivity contribution in [3.05, 3.63) is 54.2 Å². The number of nitrogens with one attached hydrogen (secondary N) is 1. The first kappa shape index (κ1) is 17.4. The van der Waals surface area contributed by atoms with Gasteiger partial charge in [-0.05, 0) is 36.4 Å². The summed E-state index contributed by atoms with van der Waals surface area (Å²) in [5.41, 5.74) is 0.532. The third-order valence-electron chi connectivity index (χ3n) is 3.80. The van der Waals surface area contributed by atoms with Crippen molar-refractivity contribution in [1.29, 1.82) is 0 Å². The Kier molecular flexibility index (Phi) is 4.50. The van der Waals surface area contributed by atoms with Gasteiger partial charge in [0, 0.05) is 11.6 Å². The summed E-state index contributed by atoms with van der Waals surface area (Å²) in [6.45, 7) is 0.591. The lowest BCUT2D eigenvalue weighted by atomic mass is 10.2. The van der Waals surface area contributed by atoms with Crippen molar-refractivity contribution in [3.8, 4) is 23.0 Å². The van der Waals surface area contributed by atoms with Gasteiger partial charge in [0.05, 0.1) is 11.4 Å². The van der Waals surface area contributed by atoms with Gasteiger partial charge in [-0.25, -0.2) is 17.5 Å². The number of halogens is 1. The number of hydrogen-bond donors (Lipinski definition) is 1. The standard InChI is InChI=1S/C17H14FN3O5S/c18-12-3-1-11(2-4-12)17-21-20-16(26-17)10-19-27(22,23)13-5-6-14-15(9-13)25-8-7-24-14/h1-6,9,19H,7-8,10H2. The van der Waals surface area contributed by atoms with E-state index in [4.69, 9.17) is 13.9 Å². The fourth-order valence-corrected chi connectivity index (χ4v) is 3.45. The molecular weight excluding hydrogens is 377 g/mol. The van der Waals surface area contributed by atoms with Gasteiger partial charge in [-0.2, -0.15) is 0 Å². The summed E-state index contributed by atoms with van der Waals surface area (Å²) < 4.78 is 56.5. The normalized spacial score (nSPS) is 13.5. The molecule has 0 fully saturated rings. The fourth-order valence-electron chi connectivity index (χ4n) is 2.47. The first-order valence-electron chi connectivity index (χ1n) is 7.99. The van der Waals surface area contributed by atoms with Crippen LogP contribution < -0.4 is 14.2 Å². The summed E-state index contributed by atoms with van der Waals surface area (Å²) in [6.07, 6.45) is 0. The van der Waals surface area contributed by atoms with Gasteiger partial charge in [-0.1, -0.05) is 0 Å². The van der Waals surface area contributed by atoms with E-state index in [1.807, 2.05) is 0 Å². The molecule has 0 radical (unpaired) electrons. The van der Waals surface area contributed by atoms with Crippen LogP contribution >= 0.6 is 0 Å². The highest BCUT2D eigenvalue weighted by molar-refractivity contribution is 7.89. The highest BCUT2D eigenvalue weighted by atomic mass is 32.2. The maximum absolute atomic E-state index is 13.0. The molecule has 3 aromatic rings. The molecule has 2 heterocycles. The zero-order valence-corrected chi connectivity index (χ0v) is 14.7. The minimum atomic E-state index is -3.82. The average Bonchev–Trinajstić information content (AvgIpc) is 3.16. The van der Waals surface area contributed by atoms with E-state index in [2.05, 4.69) is 14.9 Å². The predicted octanol–water partition coefficient (Wildman–Crippen LogP) is 2.13. The van der Waals surface area contributed by atoms with Crippen molar-refractivity contribution in [2.75, 3.05) is 13.2 Å². The second-order valence-corrected chi connectivity index (χ2v) is 7.40. The molecule has 140 valence electrons. The SMILES string of the molecule is O=S(=O)(NCc1nnc(-c2ccc(F)cc2)o1)c1ccc2c(c1)OCCO2. The number of fused-ring (bicyclic) bond motifs is 1. The molecule has 10 heteroatoms. The second-order valence-electron chi connectivity index (χ2n) is 5.64. The predicted molar refractivity (Wildman–Crippen MR) is 91.1 cm³/mol. The lowest BCUT2D eigenvalue weighted by Crippen LogP contribution is -2.24. The minimum Gasteiger partial charge on any atom is -0.486 e. The van der Waals surface area contributed by atoms with Crippen LogP contribution in [0.4, 0.5) is 4.39 Å². The molecular formula is C17H14FN3O5S. The molecule has 0 bridgehead atoms. The van der Waals surface area contributed by atoms with E-state index in [1.165, 1.54) is 36.4 Å². The van der Waals surface area contributed by atoms with Crippen molar-refractivity contribution < 1.29 is 26.7 Å². The van der Waals surface area contributed by atoms with Crippen LogP contribution in [0.25, 0.3) is 11.5 Å². The number of rotatable bonds is 5.